The monoisotopic (exact) mass is 556 g/mol. The predicted octanol–water partition coefficient (Wildman–Crippen LogP) is 8.19. The van der Waals surface area contributed by atoms with Crippen molar-refractivity contribution in [1.29, 1.82) is 0 Å². The van der Waals surface area contributed by atoms with Crippen molar-refractivity contribution in [2.75, 3.05) is 0 Å². The highest BCUT2D eigenvalue weighted by atomic mass is 19.4. The van der Waals surface area contributed by atoms with Gasteiger partial charge in [0.05, 0.1) is 23.2 Å². The van der Waals surface area contributed by atoms with Gasteiger partial charge in [-0.1, -0.05) is 41.5 Å². The highest BCUT2D eigenvalue weighted by Gasteiger charge is 2.35. The lowest BCUT2D eigenvalue weighted by molar-refractivity contribution is -0.138. The van der Waals surface area contributed by atoms with Crippen LogP contribution in [0.3, 0.4) is 0 Å². The third-order valence-corrected chi connectivity index (χ3v) is 6.80. The Kier molecular flexibility index (Phi) is 8.21. The number of rotatable bonds is 4. The van der Waals surface area contributed by atoms with E-state index in [4.69, 9.17) is 0 Å². The number of phenols is 2. The average Bonchev–Trinajstić information content (AvgIpc) is 3.21. The van der Waals surface area contributed by atoms with E-state index in [-0.39, 0.29) is 33.8 Å². The molecule has 0 amide bonds. The number of hydrogen-bond acceptors (Lipinski definition) is 4. The molecule has 0 bridgehead atoms. The molecule has 0 heterocycles. The molecule has 214 valence electrons. The van der Waals surface area contributed by atoms with Crippen LogP contribution in [-0.4, -0.2) is 34.7 Å². The molecule has 1 fully saturated rings. The molecule has 1 aliphatic rings. The molecule has 2 atom stereocenters. The van der Waals surface area contributed by atoms with Gasteiger partial charge in [0.1, 0.15) is 11.5 Å². The maximum Gasteiger partial charge on any atom is 0.416 e. The van der Waals surface area contributed by atoms with Crippen molar-refractivity contribution >= 4 is 12.4 Å². The minimum Gasteiger partial charge on any atom is -0.507 e. The Bertz CT molecular complexity index is 1170. The second-order valence-corrected chi connectivity index (χ2v) is 12.0. The van der Waals surface area contributed by atoms with Crippen LogP contribution >= 0.6 is 0 Å². The molecular weight excluding hydrogens is 522 g/mol. The number of phenolic OH excluding ortho intramolecular Hbond substituents is 2. The van der Waals surface area contributed by atoms with E-state index in [1.165, 1.54) is 12.4 Å². The molecule has 1 aliphatic carbocycles. The van der Waals surface area contributed by atoms with E-state index in [1.54, 1.807) is 41.5 Å². The van der Waals surface area contributed by atoms with Gasteiger partial charge in [0.2, 0.25) is 0 Å². The SMILES string of the molecule is CC(C)(C)c1cc(C(F)(F)F)cc(C=NC2CCCC2N=Cc2cc(C(F)(F)F)cc(C(C)(C)C)c2O)c1O. The topological polar surface area (TPSA) is 65.2 Å². The Morgan fingerprint density at radius 3 is 1.26 bits per heavy atom. The molecule has 4 nitrogen and oxygen atoms in total. The summed E-state index contributed by atoms with van der Waals surface area (Å²) in [5.74, 6) is -0.582. The summed E-state index contributed by atoms with van der Waals surface area (Å²) in [6.07, 6.45) is -4.99. The summed E-state index contributed by atoms with van der Waals surface area (Å²) in [4.78, 5) is 8.84. The quantitative estimate of drug-likeness (QED) is 0.295. The van der Waals surface area contributed by atoms with E-state index in [1.807, 2.05) is 0 Å². The van der Waals surface area contributed by atoms with Crippen molar-refractivity contribution in [1.82, 2.24) is 0 Å². The first-order chi connectivity index (χ1) is 17.7. The Balaban J connectivity index is 1.96. The first-order valence-electron chi connectivity index (χ1n) is 12.7. The average molecular weight is 557 g/mol. The number of benzene rings is 2. The smallest absolute Gasteiger partial charge is 0.416 e. The van der Waals surface area contributed by atoms with Crippen LogP contribution in [0.5, 0.6) is 11.5 Å². The van der Waals surface area contributed by atoms with Crippen LogP contribution in [0.25, 0.3) is 0 Å². The lowest BCUT2D eigenvalue weighted by atomic mass is 9.84. The van der Waals surface area contributed by atoms with Crippen molar-refractivity contribution in [3.63, 3.8) is 0 Å². The van der Waals surface area contributed by atoms with Crippen LogP contribution in [0.2, 0.25) is 0 Å². The summed E-state index contributed by atoms with van der Waals surface area (Å²) in [5, 5.41) is 21.4. The minimum absolute atomic E-state index is 0.0743. The van der Waals surface area contributed by atoms with Crippen LogP contribution in [0.1, 0.15) is 94.2 Å². The molecule has 0 aromatic heterocycles. The third-order valence-electron chi connectivity index (χ3n) is 6.80. The van der Waals surface area contributed by atoms with E-state index < -0.39 is 46.4 Å². The molecule has 39 heavy (non-hydrogen) atoms. The third kappa shape index (κ3) is 7.13. The van der Waals surface area contributed by atoms with Gasteiger partial charge in [0.25, 0.3) is 0 Å². The van der Waals surface area contributed by atoms with Crippen LogP contribution in [0.15, 0.2) is 34.3 Å². The van der Waals surface area contributed by atoms with Gasteiger partial charge in [-0.3, -0.25) is 9.98 Å². The zero-order valence-electron chi connectivity index (χ0n) is 22.8. The summed E-state index contributed by atoms with van der Waals surface area (Å²) in [7, 11) is 0. The maximum absolute atomic E-state index is 13.5. The first kappa shape index (κ1) is 30.5. The highest BCUT2D eigenvalue weighted by Crippen LogP contribution is 2.41. The fraction of sp³-hybridized carbons (Fsp3) is 0.517. The molecule has 3 rings (SSSR count). The molecular formula is C29H34F6N2O2. The number of halogens is 6. The van der Waals surface area contributed by atoms with E-state index in [2.05, 4.69) is 9.98 Å². The van der Waals surface area contributed by atoms with Crippen molar-refractivity contribution in [2.45, 2.75) is 96.1 Å². The lowest BCUT2D eigenvalue weighted by Gasteiger charge is -2.23. The van der Waals surface area contributed by atoms with Crippen LogP contribution in [0.4, 0.5) is 26.3 Å². The highest BCUT2D eigenvalue weighted by molar-refractivity contribution is 5.86. The molecule has 2 unspecified atom stereocenters. The number of aliphatic imine (C=N–C) groups is 2. The van der Waals surface area contributed by atoms with Gasteiger partial charge in [0.15, 0.2) is 0 Å². The van der Waals surface area contributed by atoms with E-state index in [9.17, 15) is 36.6 Å². The number of nitrogens with zero attached hydrogens (tertiary/aromatic N) is 2. The molecule has 10 heteroatoms. The molecule has 1 saturated carbocycles. The van der Waals surface area contributed by atoms with Crippen molar-refractivity contribution in [2.24, 2.45) is 9.98 Å². The largest absolute Gasteiger partial charge is 0.507 e. The van der Waals surface area contributed by atoms with Gasteiger partial charge in [-0.25, -0.2) is 0 Å². The Morgan fingerprint density at radius 2 is 0.974 bits per heavy atom. The summed E-state index contributed by atoms with van der Waals surface area (Å²) in [6, 6.07) is 2.64. The molecule has 2 aromatic rings. The summed E-state index contributed by atoms with van der Waals surface area (Å²) < 4.78 is 81.2. The molecule has 2 aromatic carbocycles. The molecule has 2 N–H and O–H groups in total. The standard InChI is InChI=1S/C29H34F6N2O2/c1-26(2,3)20-12-18(28(30,31)32)10-16(24(20)38)14-36-22-8-7-9-23(22)37-15-17-11-19(29(33,34)35)13-21(25(17)39)27(4,5)6/h10-15,22-23,38-39H,7-9H2,1-6H3. The normalized spacial score (nSPS) is 19.5. The Hall–Kier alpha value is -3.04. The Morgan fingerprint density at radius 1 is 0.641 bits per heavy atom. The van der Waals surface area contributed by atoms with Gasteiger partial charge in [-0.05, 0) is 54.4 Å². The van der Waals surface area contributed by atoms with Gasteiger partial charge in [-0.2, -0.15) is 26.3 Å². The van der Waals surface area contributed by atoms with Gasteiger partial charge in [0, 0.05) is 34.7 Å². The van der Waals surface area contributed by atoms with Crippen molar-refractivity contribution < 1.29 is 36.6 Å². The second-order valence-electron chi connectivity index (χ2n) is 12.0. The number of aromatic hydroxyl groups is 2. The predicted molar refractivity (Wildman–Crippen MR) is 140 cm³/mol. The second kappa shape index (κ2) is 10.5. The number of hydrogen-bond donors (Lipinski definition) is 2. The van der Waals surface area contributed by atoms with Crippen molar-refractivity contribution in [3.05, 3.63) is 57.6 Å². The summed E-state index contributed by atoms with van der Waals surface area (Å²) in [5.41, 5.74) is -3.20. The summed E-state index contributed by atoms with van der Waals surface area (Å²) in [6.45, 7) is 10.2. The van der Waals surface area contributed by atoms with E-state index in [0.29, 0.717) is 19.3 Å². The number of alkyl halides is 6. The minimum atomic E-state index is -4.62. The molecule has 0 saturated heterocycles. The lowest BCUT2D eigenvalue weighted by Crippen LogP contribution is -2.18. The maximum atomic E-state index is 13.5. The fourth-order valence-electron chi connectivity index (χ4n) is 4.60. The van der Waals surface area contributed by atoms with Gasteiger partial charge >= 0.3 is 12.4 Å². The van der Waals surface area contributed by atoms with Gasteiger partial charge < -0.3 is 10.2 Å². The summed E-state index contributed by atoms with van der Waals surface area (Å²) >= 11 is 0. The van der Waals surface area contributed by atoms with Crippen LogP contribution in [-0.2, 0) is 23.2 Å². The van der Waals surface area contributed by atoms with Gasteiger partial charge in [-0.15, -0.1) is 0 Å². The van der Waals surface area contributed by atoms with Crippen molar-refractivity contribution in [3.8, 4) is 11.5 Å². The zero-order chi connectivity index (χ0) is 29.6. The van der Waals surface area contributed by atoms with E-state index >= 15 is 0 Å². The van der Waals surface area contributed by atoms with E-state index in [0.717, 1.165) is 24.3 Å². The van der Waals surface area contributed by atoms with Crippen LogP contribution < -0.4 is 0 Å². The molecule has 0 radical (unpaired) electrons. The first-order valence-corrected chi connectivity index (χ1v) is 12.7. The zero-order valence-corrected chi connectivity index (χ0v) is 22.8. The molecule has 0 aliphatic heterocycles. The fourth-order valence-corrected chi connectivity index (χ4v) is 4.60. The molecule has 0 spiro atoms. The Labute approximate surface area is 224 Å². The van der Waals surface area contributed by atoms with Crippen LogP contribution in [0, 0.1) is 0 Å².